The van der Waals surface area contributed by atoms with Gasteiger partial charge >= 0.3 is 0 Å². The van der Waals surface area contributed by atoms with Crippen LogP contribution in [0.1, 0.15) is 10.6 Å². The Labute approximate surface area is 147 Å². The summed E-state index contributed by atoms with van der Waals surface area (Å²) in [4.78, 5) is 5.04. The molecule has 0 fully saturated rings. The van der Waals surface area contributed by atoms with Gasteiger partial charge in [0.1, 0.15) is 5.82 Å². The van der Waals surface area contributed by atoms with Crippen molar-refractivity contribution in [2.45, 2.75) is 18.4 Å². The maximum absolute atomic E-state index is 13.2. The van der Waals surface area contributed by atoms with Crippen molar-refractivity contribution in [1.82, 2.24) is 9.71 Å². The van der Waals surface area contributed by atoms with Crippen LogP contribution >= 0.6 is 22.9 Å². The minimum absolute atomic E-state index is 0.0710. The van der Waals surface area contributed by atoms with E-state index >= 15 is 0 Å². The third-order valence-corrected chi connectivity index (χ3v) is 6.11. The van der Waals surface area contributed by atoms with E-state index in [1.165, 1.54) is 11.3 Å². The van der Waals surface area contributed by atoms with E-state index < -0.39 is 15.8 Å². The molecule has 0 saturated heterocycles. The number of hydrogen-bond acceptors (Lipinski definition) is 5. The van der Waals surface area contributed by atoms with E-state index in [9.17, 15) is 12.8 Å². The zero-order valence-corrected chi connectivity index (χ0v) is 14.8. The molecule has 0 aliphatic heterocycles. The van der Waals surface area contributed by atoms with Crippen molar-refractivity contribution in [3.63, 3.8) is 0 Å². The van der Waals surface area contributed by atoms with E-state index in [0.29, 0.717) is 16.5 Å². The first-order valence-electron chi connectivity index (χ1n) is 6.82. The lowest BCUT2D eigenvalue weighted by Gasteiger charge is -2.06. The molecular weight excluding hydrogens is 375 g/mol. The van der Waals surface area contributed by atoms with Crippen LogP contribution in [0.15, 0.2) is 45.9 Å². The average molecular weight is 387 g/mol. The molecule has 0 unspecified atom stereocenters. The summed E-state index contributed by atoms with van der Waals surface area (Å²) in [5.74, 6) is -0.0421. The number of benzene rings is 1. The number of sulfonamides is 1. The lowest BCUT2D eigenvalue weighted by atomic mass is 10.3. The van der Waals surface area contributed by atoms with Gasteiger partial charge in [0.05, 0.1) is 21.9 Å². The van der Waals surface area contributed by atoms with Crippen molar-refractivity contribution in [3.8, 4) is 10.8 Å². The van der Waals surface area contributed by atoms with Gasteiger partial charge in [-0.3, -0.25) is 0 Å². The highest BCUT2D eigenvalue weighted by molar-refractivity contribution is 7.89. The molecule has 0 radical (unpaired) electrons. The summed E-state index contributed by atoms with van der Waals surface area (Å²) < 4.78 is 45.5. The number of rotatable bonds is 5. The van der Waals surface area contributed by atoms with Crippen LogP contribution in [0.5, 0.6) is 0 Å². The maximum atomic E-state index is 13.2. The van der Waals surface area contributed by atoms with Gasteiger partial charge in [0.15, 0.2) is 10.8 Å². The Bertz CT molecular complexity index is 969. The molecule has 0 atom stereocenters. The Balaban J connectivity index is 1.78. The van der Waals surface area contributed by atoms with Crippen molar-refractivity contribution >= 4 is 33.0 Å². The highest BCUT2D eigenvalue weighted by Crippen LogP contribution is 2.28. The van der Waals surface area contributed by atoms with Gasteiger partial charge in [0.2, 0.25) is 10.0 Å². The van der Waals surface area contributed by atoms with E-state index in [1.807, 2.05) is 0 Å². The number of nitrogens with zero attached hydrogens (tertiary/aromatic N) is 1. The minimum Gasteiger partial charge on any atom is -0.462 e. The molecule has 0 saturated carbocycles. The normalized spacial score (nSPS) is 11.8. The third kappa shape index (κ3) is 3.51. The topological polar surface area (TPSA) is 72.2 Å². The summed E-state index contributed by atoms with van der Waals surface area (Å²) in [7, 11) is -3.80. The van der Waals surface area contributed by atoms with Crippen LogP contribution in [0.2, 0.25) is 5.02 Å². The molecule has 24 heavy (non-hydrogen) atoms. The van der Waals surface area contributed by atoms with Crippen LogP contribution in [0, 0.1) is 12.7 Å². The molecular formula is C15H12ClFN2O3S2. The smallest absolute Gasteiger partial charge is 0.240 e. The second-order valence-electron chi connectivity index (χ2n) is 4.91. The van der Waals surface area contributed by atoms with Crippen molar-refractivity contribution < 1.29 is 17.2 Å². The first-order chi connectivity index (χ1) is 11.4. The summed E-state index contributed by atoms with van der Waals surface area (Å²) in [5.41, 5.74) is 0.714. The van der Waals surface area contributed by atoms with Crippen molar-refractivity contribution in [2.75, 3.05) is 0 Å². The fraction of sp³-hybridized carbons (Fsp3) is 0.133. The van der Waals surface area contributed by atoms with Crippen LogP contribution in [0.25, 0.3) is 10.8 Å². The zero-order valence-electron chi connectivity index (χ0n) is 12.4. The summed E-state index contributed by atoms with van der Waals surface area (Å²) in [6.45, 7) is 1.86. The lowest BCUT2D eigenvalue weighted by Crippen LogP contribution is -2.23. The number of aryl methyl sites for hydroxylation is 1. The van der Waals surface area contributed by atoms with E-state index in [1.54, 1.807) is 25.3 Å². The number of furan rings is 1. The van der Waals surface area contributed by atoms with E-state index in [2.05, 4.69) is 9.71 Å². The van der Waals surface area contributed by atoms with Crippen molar-refractivity contribution in [1.29, 1.82) is 0 Å². The van der Waals surface area contributed by atoms with Crippen molar-refractivity contribution in [3.05, 3.63) is 58.0 Å². The number of halogens is 2. The van der Waals surface area contributed by atoms with Crippen LogP contribution in [0.4, 0.5) is 4.39 Å². The van der Waals surface area contributed by atoms with E-state index in [0.717, 1.165) is 23.1 Å². The average Bonchev–Trinajstić information content (AvgIpc) is 3.17. The molecule has 0 aliphatic carbocycles. The molecule has 1 aromatic carbocycles. The Morgan fingerprint density at radius 2 is 2.17 bits per heavy atom. The molecule has 0 bridgehead atoms. The van der Waals surface area contributed by atoms with Gasteiger partial charge < -0.3 is 4.42 Å². The minimum atomic E-state index is -3.80. The van der Waals surface area contributed by atoms with Gasteiger partial charge in [-0.05, 0) is 37.3 Å². The number of thiazole rings is 1. The third-order valence-electron chi connectivity index (χ3n) is 3.25. The Morgan fingerprint density at radius 3 is 2.83 bits per heavy atom. The monoisotopic (exact) mass is 386 g/mol. The maximum Gasteiger partial charge on any atom is 0.240 e. The van der Waals surface area contributed by atoms with Gasteiger partial charge in [-0.25, -0.2) is 22.5 Å². The molecule has 0 spiro atoms. The molecule has 0 aliphatic rings. The second kappa shape index (κ2) is 6.64. The van der Waals surface area contributed by atoms with Crippen LogP contribution in [-0.2, 0) is 16.6 Å². The van der Waals surface area contributed by atoms with Gasteiger partial charge in [-0.15, -0.1) is 11.3 Å². The SMILES string of the molecule is Cc1nc(-c2ccco2)sc1CNS(=O)(=O)c1ccc(F)c(Cl)c1. The Kier molecular flexibility index (Phi) is 4.73. The predicted octanol–water partition coefficient (Wildman–Crippen LogP) is 3.98. The molecule has 2 heterocycles. The molecule has 3 aromatic rings. The van der Waals surface area contributed by atoms with E-state index in [4.69, 9.17) is 16.0 Å². The first-order valence-corrected chi connectivity index (χ1v) is 9.49. The summed E-state index contributed by atoms with van der Waals surface area (Å²) in [6.07, 6.45) is 1.55. The van der Waals surface area contributed by atoms with Gasteiger partial charge in [0.25, 0.3) is 0 Å². The summed E-state index contributed by atoms with van der Waals surface area (Å²) >= 11 is 6.98. The standard InChI is InChI=1S/C15H12ClFN2O3S2/c1-9-14(23-15(19-9)13-3-2-6-22-13)8-18-24(20,21)10-4-5-12(17)11(16)7-10/h2-7,18H,8H2,1H3. The Morgan fingerprint density at radius 1 is 1.38 bits per heavy atom. The quantitative estimate of drug-likeness (QED) is 0.719. The van der Waals surface area contributed by atoms with Crippen LogP contribution in [0.3, 0.4) is 0 Å². The molecule has 9 heteroatoms. The second-order valence-corrected chi connectivity index (χ2v) is 8.16. The largest absolute Gasteiger partial charge is 0.462 e. The van der Waals surface area contributed by atoms with Gasteiger partial charge in [0, 0.05) is 11.4 Å². The molecule has 1 N–H and O–H groups in total. The fourth-order valence-corrected chi connectivity index (χ4v) is 4.31. The number of hydrogen-bond donors (Lipinski definition) is 1. The van der Waals surface area contributed by atoms with E-state index in [-0.39, 0.29) is 16.5 Å². The molecule has 2 aromatic heterocycles. The van der Waals surface area contributed by atoms with Gasteiger partial charge in [-0.2, -0.15) is 0 Å². The highest BCUT2D eigenvalue weighted by Gasteiger charge is 2.18. The lowest BCUT2D eigenvalue weighted by molar-refractivity contribution is 0.580. The van der Waals surface area contributed by atoms with Gasteiger partial charge in [-0.1, -0.05) is 11.6 Å². The van der Waals surface area contributed by atoms with Crippen LogP contribution < -0.4 is 4.72 Å². The van der Waals surface area contributed by atoms with Crippen molar-refractivity contribution in [2.24, 2.45) is 0 Å². The highest BCUT2D eigenvalue weighted by atomic mass is 35.5. The first kappa shape index (κ1) is 17.1. The molecule has 3 rings (SSSR count). The van der Waals surface area contributed by atoms with Crippen LogP contribution in [-0.4, -0.2) is 13.4 Å². The fourth-order valence-electron chi connectivity index (χ4n) is 1.99. The molecule has 126 valence electrons. The summed E-state index contributed by atoms with van der Waals surface area (Å²) in [6, 6.07) is 6.80. The zero-order chi connectivity index (χ0) is 17.3. The number of aromatic nitrogens is 1. The Hall–Kier alpha value is -1.74. The predicted molar refractivity (Wildman–Crippen MR) is 90.0 cm³/mol. The molecule has 5 nitrogen and oxygen atoms in total. The number of nitrogens with one attached hydrogen (secondary N) is 1. The summed E-state index contributed by atoms with van der Waals surface area (Å²) in [5, 5.41) is 0.434. The molecule has 0 amide bonds.